The number of aromatic nitrogens is 1. The maximum atomic E-state index is 12.9. The van der Waals surface area contributed by atoms with Crippen molar-refractivity contribution in [3.63, 3.8) is 0 Å². The van der Waals surface area contributed by atoms with Crippen LogP contribution in [0.25, 0.3) is 0 Å². The predicted molar refractivity (Wildman–Crippen MR) is 108 cm³/mol. The van der Waals surface area contributed by atoms with Crippen LogP contribution in [-0.2, 0) is 9.53 Å². The maximum absolute atomic E-state index is 12.9. The zero-order valence-electron chi connectivity index (χ0n) is 16.5. The van der Waals surface area contributed by atoms with E-state index in [1.807, 2.05) is 30.3 Å². The normalized spacial score (nSPS) is 21.2. The van der Waals surface area contributed by atoms with Crippen molar-refractivity contribution < 1.29 is 19.1 Å². The van der Waals surface area contributed by atoms with Crippen LogP contribution in [0, 0.1) is 5.92 Å². The van der Waals surface area contributed by atoms with Crippen molar-refractivity contribution in [3.05, 3.63) is 54.2 Å². The van der Waals surface area contributed by atoms with E-state index in [0.717, 1.165) is 12.1 Å². The zero-order chi connectivity index (χ0) is 20.2. The summed E-state index contributed by atoms with van der Waals surface area (Å²) in [6.07, 6.45) is 3.05. The number of ether oxygens (including phenoxy) is 2. The lowest BCUT2D eigenvalue weighted by molar-refractivity contribution is -0.121. The molecule has 0 unspecified atom stereocenters. The highest BCUT2D eigenvalue weighted by Gasteiger charge is 2.33. The molecule has 0 radical (unpaired) electrons. The van der Waals surface area contributed by atoms with Gasteiger partial charge in [-0.15, -0.1) is 0 Å². The number of amides is 2. The van der Waals surface area contributed by atoms with Gasteiger partial charge in [-0.05, 0) is 24.6 Å². The molecule has 7 heteroatoms. The summed E-state index contributed by atoms with van der Waals surface area (Å²) < 4.78 is 11.1. The van der Waals surface area contributed by atoms with E-state index in [9.17, 15) is 9.59 Å². The summed E-state index contributed by atoms with van der Waals surface area (Å²) in [5.41, 5.74) is 1.38. The Labute approximate surface area is 170 Å². The summed E-state index contributed by atoms with van der Waals surface area (Å²) in [5, 5.41) is 0. The number of rotatable bonds is 5. The van der Waals surface area contributed by atoms with Crippen molar-refractivity contribution in [3.8, 4) is 5.88 Å². The van der Waals surface area contributed by atoms with Crippen LogP contribution in [0.2, 0.25) is 0 Å². The zero-order valence-corrected chi connectivity index (χ0v) is 16.5. The lowest BCUT2D eigenvalue weighted by atomic mass is 10.1. The van der Waals surface area contributed by atoms with E-state index < -0.39 is 0 Å². The molecule has 7 nitrogen and oxygen atoms in total. The van der Waals surface area contributed by atoms with E-state index in [-0.39, 0.29) is 23.8 Å². The fraction of sp³-hybridized carbons (Fsp3) is 0.409. The molecule has 3 heterocycles. The molecule has 29 heavy (non-hydrogen) atoms. The van der Waals surface area contributed by atoms with E-state index in [1.54, 1.807) is 35.2 Å². The summed E-state index contributed by atoms with van der Waals surface area (Å²) in [6.45, 7) is 2.21. The monoisotopic (exact) mass is 395 g/mol. The SMILES string of the molecule is CN(C(=O)[C@H]1CCN(C(=O)c2ccnc(O[C@@H]3CCOC3)c2)C1)c1ccccc1. The Morgan fingerprint density at radius 2 is 2.03 bits per heavy atom. The van der Waals surface area contributed by atoms with E-state index in [2.05, 4.69) is 4.98 Å². The van der Waals surface area contributed by atoms with Crippen molar-refractivity contribution in [1.29, 1.82) is 0 Å². The van der Waals surface area contributed by atoms with Crippen LogP contribution >= 0.6 is 0 Å². The molecule has 0 saturated carbocycles. The molecule has 2 aromatic rings. The molecule has 2 atom stereocenters. The van der Waals surface area contributed by atoms with Crippen LogP contribution in [0.4, 0.5) is 5.69 Å². The molecule has 1 aromatic heterocycles. The van der Waals surface area contributed by atoms with Gasteiger partial charge in [0.25, 0.3) is 5.91 Å². The largest absolute Gasteiger partial charge is 0.472 e. The molecule has 2 amide bonds. The molecule has 4 rings (SSSR count). The summed E-state index contributed by atoms with van der Waals surface area (Å²) in [5.74, 6) is 0.170. The Balaban J connectivity index is 1.38. The predicted octanol–water partition coefficient (Wildman–Crippen LogP) is 2.37. The number of pyridine rings is 1. The minimum absolute atomic E-state index is 0.0184. The highest BCUT2D eigenvalue weighted by atomic mass is 16.5. The first-order chi connectivity index (χ1) is 14.1. The number of hydrogen-bond donors (Lipinski definition) is 0. The van der Waals surface area contributed by atoms with Gasteiger partial charge in [0.2, 0.25) is 11.8 Å². The number of nitrogens with zero attached hydrogens (tertiary/aromatic N) is 3. The second kappa shape index (κ2) is 8.61. The van der Waals surface area contributed by atoms with Gasteiger partial charge in [0.15, 0.2) is 0 Å². The van der Waals surface area contributed by atoms with Crippen LogP contribution in [0.3, 0.4) is 0 Å². The summed E-state index contributed by atoms with van der Waals surface area (Å²) in [7, 11) is 1.78. The quantitative estimate of drug-likeness (QED) is 0.777. The second-order valence-corrected chi connectivity index (χ2v) is 7.46. The second-order valence-electron chi connectivity index (χ2n) is 7.46. The lowest BCUT2D eigenvalue weighted by Gasteiger charge is -2.22. The number of hydrogen-bond acceptors (Lipinski definition) is 5. The van der Waals surface area contributed by atoms with Crippen LogP contribution < -0.4 is 9.64 Å². The maximum Gasteiger partial charge on any atom is 0.254 e. The van der Waals surface area contributed by atoms with Crippen LogP contribution in [0.5, 0.6) is 5.88 Å². The van der Waals surface area contributed by atoms with Crippen molar-refractivity contribution in [2.24, 2.45) is 5.92 Å². The Morgan fingerprint density at radius 1 is 1.21 bits per heavy atom. The molecule has 152 valence electrons. The molecular formula is C22H25N3O4. The highest BCUT2D eigenvalue weighted by Crippen LogP contribution is 2.24. The van der Waals surface area contributed by atoms with E-state index >= 15 is 0 Å². The number of likely N-dealkylation sites (tertiary alicyclic amines) is 1. The standard InChI is InChI=1S/C22H25N3O4/c1-24(18-5-3-2-4-6-18)21(26)17-8-11-25(14-17)22(27)16-7-10-23-20(13-16)29-19-9-12-28-15-19/h2-7,10,13,17,19H,8-9,11-12,14-15H2,1H3/t17-,19+/m0/s1. The molecule has 0 N–H and O–H groups in total. The molecule has 0 spiro atoms. The van der Waals surface area contributed by atoms with Crippen molar-refractivity contribution in [2.75, 3.05) is 38.3 Å². The van der Waals surface area contributed by atoms with Crippen molar-refractivity contribution in [2.45, 2.75) is 18.9 Å². The summed E-state index contributed by atoms with van der Waals surface area (Å²) >= 11 is 0. The molecule has 2 fully saturated rings. The van der Waals surface area contributed by atoms with Gasteiger partial charge >= 0.3 is 0 Å². The Morgan fingerprint density at radius 3 is 2.79 bits per heavy atom. The topological polar surface area (TPSA) is 72.0 Å². The Kier molecular flexibility index (Phi) is 5.76. The van der Waals surface area contributed by atoms with Crippen LogP contribution in [0.1, 0.15) is 23.2 Å². The van der Waals surface area contributed by atoms with Crippen LogP contribution in [0.15, 0.2) is 48.7 Å². The first-order valence-electron chi connectivity index (χ1n) is 9.94. The highest BCUT2D eigenvalue weighted by molar-refractivity contribution is 5.97. The van der Waals surface area contributed by atoms with Gasteiger partial charge in [0.05, 0.1) is 19.1 Å². The van der Waals surface area contributed by atoms with Gasteiger partial charge in [0.1, 0.15) is 6.10 Å². The first-order valence-corrected chi connectivity index (χ1v) is 9.94. The fourth-order valence-electron chi connectivity index (χ4n) is 3.77. The van der Waals surface area contributed by atoms with E-state index in [4.69, 9.17) is 9.47 Å². The molecule has 2 saturated heterocycles. The third-order valence-corrected chi connectivity index (χ3v) is 5.46. The van der Waals surface area contributed by atoms with E-state index in [0.29, 0.717) is 44.2 Å². The summed E-state index contributed by atoms with van der Waals surface area (Å²) in [6, 6.07) is 12.9. The van der Waals surface area contributed by atoms with Gasteiger partial charge in [-0.2, -0.15) is 0 Å². The third kappa shape index (κ3) is 4.40. The van der Waals surface area contributed by atoms with Crippen LogP contribution in [-0.4, -0.2) is 61.2 Å². The molecule has 1 aromatic carbocycles. The van der Waals surface area contributed by atoms with Gasteiger partial charge in [-0.3, -0.25) is 9.59 Å². The molecular weight excluding hydrogens is 370 g/mol. The average Bonchev–Trinajstić information content (AvgIpc) is 3.45. The lowest BCUT2D eigenvalue weighted by Crippen LogP contribution is -2.36. The molecule has 2 aliphatic heterocycles. The first kappa shape index (κ1) is 19.4. The average molecular weight is 395 g/mol. The molecule has 0 aliphatic carbocycles. The molecule has 2 aliphatic rings. The third-order valence-electron chi connectivity index (χ3n) is 5.46. The fourth-order valence-corrected chi connectivity index (χ4v) is 3.77. The van der Waals surface area contributed by atoms with Gasteiger partial charge in [0, 0.05) is 50.1 Å². The number of anilines is 1. The minimum atomic E-state index is -0.197. The number of carbonyl (C=O) groups excluding carboxylic acids is 2. The minimum Gasteiger partial charge on any atom is -0.472 e. The number of carbonyl (C=O) groups is 2. The van der Waals surface area contributed by atoms with Gasteiger partial charge in [-0.1, -0.05) is 18.2 Å². The smallest absolute Gasteiger partial charge is 0.254 e. The number of benzene rings is 1. The molecule has 0 bridgehead atoms. The van der Waals surface area contributed by atoms with Gasteiger partial charge < -0.3 is 19.3 Å². The van der Waals surface area contributed by atoms with Crippen molar-refractivity contribution >= 4 is 17.5 Å². The van der Waals surface area contributed by atoms with Crippen molar-refractivity contribution in [1.82, 2.24) is 9.88 Å². The summed E-state index contributed by atoms with van der Waals surface area (Å²) in [4.78, 5) is 33.4. The Bertz CT molecular complexity index is 867. The Hall–Kier alpha value is -2.93. The van der Waals surface area contributed by atoms with Gasteiger partial charge in [-0.25, -0.2) is 4.98 Å². The number of para-hydroxylation sites is 1. The van der Waals surface area contributed by atoms with E-state index in [1.165, 1.54) is 0 Å².